The molecule has 0 spiro atoms. The fraction of sp³-hybridized carbons (Fsp3) is 0.381. The van der Waals surface area contributed by atoms with Crippen molar-refractivity contribution >= 4 is 40.0 Å². The number of hydrazine groups is 1. The summed E-state index contributed by atoms with van der Waals surface area (Å²) in [5.74, 6) is 0.445. The van der Waals surface area contributed by atoms with Gasteiger partial charge in [0.1, 0.15) is 15.7 Å². The molecule has 1 aliphatic rings. The van der Waals surface area contributed by atoms with E-state index in [4.69, 9.17) is 9.26 Å². The summed E-state index contributed by atoms with van der Waals surface area (Å²) in [4.78, 5) is 36.9. The number of nitrogens with zero attached hydrogens (tertiary/aromatic N) is 4. The van der Waals surface area contributed by atoms with Gasteiger partial charge in [-0.25, -0.2) is 9.97 Å². The lowest BCUT2D eigenvalue weighted by Gasteiger charge is -2.25. The van der Waals surface area contributed by atoms with Gasteiger partial charge >= 0.3 is 0 Å². The molecule has 1 aliphatic heterocycles. The summed E-state index contributed by atoms with van der Waals surface area (Å²) < 4.78 is 10.6. The lowest BCUT2D eigenvalue weighted by atomic mass is 10.2. The van der Waals surface area contributed by atoms with E-state index in [-0.39, 0.29) is 0 Å². The first-order chi connectivity index (χ1) is 15.9. The number of amides is 2. The van der Waals surface area contributed by atoms with E-state index in [0.29, 0.717) is 40.1 Å². The van der Waals surface area contributed by atoms with E-state index in [1.54, 1.807) is 25.3 Å². The molecule has 4 rings (SSSR count). The Morgan fingerprint density at radius 3 is 2.64 bits per heavy atom. The fourth-order valence-corrected chi connectivity index (χ4v) is 5.41. The molecule has 0 aromatic carbocycles. The average molecular weight is 489 g/mol. The molecule has 3 aromatic rings. The third-order valence-corrected chi connectivity index (χ3v) is 7.36. The number of hydrogen-bond donors (Lipinski definition) is 2. The van der Waals surface area contributed by atoms with Crippen LogP contribution in [-0.4, -0.2) is 53.2 Å². The highest BCUT2D eigenvalue weighted by molar-refractivity contribution is 7.98. The molecule has 10 nitrogen and oxygen atoms in total. The molecule has 174 valence electrons. The Balaban J connectivity index is 1.39. The van der Waals surface area contributed by atoms with Gasteiger partial charge in [0.05, 0.1) is 30.2 Å². The summed E-state index contributed by atoms with van der Waals surface area (Å²) >= 11 is 2.70. The predicted octanol–water partition coefficient (Wildman–Crippen LogP) is 2.66. The van der Waals surface area contributed by atoms with Crippen molar-refractivity contribution in [2.45, 2.75) is 31.6 Å². The minimum atomic E-state index is -0.451. The second kappa shape index (κ2) is 10.3. The van der Waals surface area contributed by atoms with Crippen molar-refractivity contribution in [1.29, 1.82) is 0 Å². The van der Waals surface area contributed by atoms with Crippen molar-refractivity contribution < 1.29 is 18.8 Å². The van der Waals surface area contributed by atoms with Crippen LogP contribution in [0.5, 0.6) is 0 Å². The lowest BCUT2D eigenvalue weighted by Crippen LogP contribution is -2.41. The van der Waals surface area contributed by atoms with Gasteiger partial charge in [0.25, 0.3) is 11.8 Å². The highest BCUT2D eigenvalue weighted by Gasteiger charge is 2.22. The molecule has 0 saturated carbocycles. The normalized spacial score (nSPS) is 13.7. The second-order valence-electron chi connectivity index (χ2n) is 7.37. The molecule has 1 saturated heterocycles. The minimum absolute atomic E-state index is 0.365. The fourth-order valence-electron chi connectivity index (χ4n) is 3.25. The molecule has 0 aliphatic carbocycles. The number of nitrogens with one attached hydrogen (secondary N) is 2. The summed E-state index contributed by atoms with van der Waals surface area (Å²) in [7, 11) is 0. The van der Waals surface area contributed by atoms with Crippen LogP contribution in [0.25, 0.3) is 0 Å². The monoisotopic (exact) mass is 488 g/mol. The van der Waals surface area contributed by atoms with E-state index < -0.39 is 11.8 Å². The van der Waals surface area contributed by atoms with Gasteiger partial charge in [-0.2, -0.15) is 0 Å². The van der Waals surface area contributed by atoms with Gasteiger partial charge in [-0.05, 0) is 32.9 Å². The van der Waals surface area contributed by atoms with Crippen LogP contribution < -0.4 is 15.8 Å². The van der Waals surface area contributed by atoms with E-state index in [1.165, 1.54) is 23.1 Å². The third kappa shape index (κ3) is 5.34. The van der Waals surface area contributed by atoms with Gasteiger partial charge in [0, 0.05) is 30.6 Å². The molecule has 1 fully saturated rings. The lowest BCUT2D eigenvalue weighted by molar-refractivity contribution is 0.0846. The Morgan fingerprint density at radius 1 is 1.15 bits per heavy atom. The summed E-state index contributed by atoms with van der Waals surface area (Å²) in [6.45, 7) is 8.25. The number of ether oxygens (including phenoxy) is 1. The zero-order chi connectivity index (χ0) is 23.4. The van der Waals surface area contributed by atoms with Gasteiger partial charge in [-0.1, -0.05) is 16.5 Å². The Hall–Kier alpha value is -2.96. The van der Waals surface area contributed by atoms with Gasteiger partial charge in [0.15, 0.2) is 5.13 Å². The number of carbonyl (C=O) groups excluding carboxylic acids is 2. The number of rotatable bonds is 6. The van der Waals surface area contributed by atoms with Crippen molar-refractivity contribution in [1.82, 2.24) is 26.0 Å². The van der Waals surface area contributed by atoms with Crippen LogP contribution in [0, 0.1) is 20.8 Å². The van der Waals surface area contributed by atoms with Gasteiger partial charge in [-0.15, -0.1) is 11.8 Å². The van der Waals surface area contributed by atoms with E-state index >= 15 is 0 Å². The Kier molecular flexibility index (Phi) is 7.26. The predicted molar refractivity (Wildman–Crippen MR) is 125 cm³/mol. The average Bonchev–Trinajstić information content (AvgIpc) is 3.38. The van der Waals surface area contributed by atoms with Gasteiger partial charge in [-0.3, -0.25) is 20.4 Å². The van der Waals surface area contributed by atoms with Crippen LogP contribution in [0.2, 0.25) is 0 Å². The first-order valence-electron chi connectivity index (χ1n) is 10.3. The maximum Gasteiger partial charge on any atom is 0.281 e. The van der Waals surface area contributed by atoms with Crippen LogP contribution in [0.1, 0.15) is 42.7 Å². The van der Waals surface area contributed by atoms with Crippen molar-refractivity contribution in [3.63, 3.8) is 0 Å². The summed E-state index contributed by atoms with van der Waals surface area (Å²) in [5.41, 5.74) is 7.75. The van der Waals surface area contributed by atoms with Crippen molar-refractivity contribution in [3.05, 3.63) is 51.5 Å². The zero-order valence-corrected chi connectivity index (χ0v) is 20.1. The number of aromatic nitrogens is 3. The molecular weight excluding hydrogens is 464 g/mol. The number of aryl methyl sites for hydroxylation is 3. The van der Waals surface area contributed by atoms with E-state index in [1.807, 2.05) is 13.8 Å². The van der Waals surface area contributed by atoms with Gasteiger partial charge < -0.3 is 14.2 Å². The molecule has 4 heterocycles. The third-order valence-electron chi connectivity index (χ3n) is 5.11. The molecular formula is C21H24N6O4S2. The van der Waals surface area contributed by atoms with E-state index in [2.05, 4.69) is 30.9 Å². The standard InChI is InChI=1S/C21H24N6O4S2/c1-12-16(14(3)31-26-12)11-32-20-15(5-4-6-22-20)18(28)24-25-19(29)17-13(2)23-21(33-17)27-7-9-30-10-8-27/h4-6H,7-11H2,1-3H3,(H,24,28)(H,25,29). The molecule has 33 heavy (non-hydrogen) atoms. The molecule has 0 atom stereocenters. The SMILES string of the molecule is Cc1nc(N2CCOCC2)sc1C(=O)NNC(=O)c1cccnc1SCc1c(C)noc1C. The molecule has 2 amide bonds. The second-order valence-corrected chi connectivity index (χ2v) is 9.31. The molecule has 0 unspecified atom stereocenters. The van der Waals surface area contributed by atoms with Crippen molar-refractivity contribution in [2.24, 2.45) is 0 Å². The first-order valence-corrected chi connectivity index (χ1v) is 12.1. The highest BCUT2D eigenvalue weighted by atomic mass is 32.2. The van der Waals surface area contributed by atoms with Crippen molar-refractivity contribution in [2.75, 3.05) is 31.2 Å². The topological polar surface area (TPSA) is 122 Å². The number of thiazole rings is 1. The van der Waals surface area contributed by atoms with Crippen LogP contribution in [0.15, 0.2) is 27.9 Å². The zero-order valence-electron chi connectivity index (χ0n) is 18.5. The molecule has 3 aromatic heterocycles. The quantitative estimate of drug-likeness (QED) is 0.398. The molecule has 0 radical (unpaired) electrons. The Bertz CT molecular complexity index is 1140. The smallest absolute Gasteiger partial charge is 0.281 e. The number of anilines is 1. The first kappa shape index (κ1) is 23.2. The number of carbonyl (C=O) groups is 2. The van der Waals surface area contributed by atoms with Crippen LogP contribution in [0.3, 0.4) is 0 Å². The number of pyridine rings is 1. The van der Waals surface area contributed by atoms with E-state index in [9.17, 15) is 9.59 Å². The molecule has 0 bridgehead atoms. The summed E-state index contributed by atoms with van der Waals surface area (Å²) in [6, 6.07) is 3.34. The summed E-state index contributed by atoms with van der Waals surface area (Å²) in [5, 5.41) is 5.28. The van der Waals surface area contributed by atoms with Crippen LogP contribution >= 0.6 is 23.1 Å². The summed E-state index contributed by atoms with van der Waals surface area (Å²) in [6.07, 6.45) is 1.62. The largest absolute Gasteiger partial charge is 0.378 e. The maximum atomic E-state index is 12.8. The number of hydrogen-bond acceptors (Lipinski definition) is 10. The number of thioether (sulfide) groups is 1. The maximum absolute atomic E-state index is 12.8. The van der Waals surface area contributed by atoms with Crippen LogP contribution in [0.4, 0.5) is 5.13 Å². The number of morpholine rings is 1. The van der Waals surface area contributed by atoms with Crippen LogP contribution in [-0.2, 0) is 10.5 Å². The Labute approximate surface area is 199 Å². The highest BCUT2D eigenvalue weighted by Crippen LogP contribution is 2.28. The van der Waals surface area contributed by atoms with Gasteiger partial charge in [0.2, 0.25) is 0 Å². The van der Waals surface area contributed by atoms with E-state index in [0.717, 1.165) is 35.2 Å². The van der Waals surface area contributed by atoms with Crippen molar-refractivity contribution in [3.8, 4) is 0 Å². The molecule has 2 N–H and O–H groups in total. The molecule has 12 heteroatoms. The minimum Gasteiger partial charge on any atom is -0.378 e. The Morgan fingerprint density at radius 2 is 1.91 bits per heavy atom.